The molecule has 2 aromatic rings. The zero-order valence-electron chi connectivity index (χ0n) is 21.4. The van der Waals surface area contributed by atoms with E-state index in [1.807, 2.05) is 13.8 Å². The van der Waals surface area contributed by atoms with E-state index in [1.54, 1.807) is 13.0 Å². The van der Waals surface area contributed by atoms with Crippen LogP contribution in [0.2, 0.25) is 0 Å². The van der Waals surface area contributed by atoms with Crippen LogP contribution in [0, 0.1) is 24.7 Å². The molecule has 5 rings (SSSR count). The second-order valence-corrected chi connectivity index (χ2v) is 11.3. The van der Waals surface area contributed by atoms with Gasteiger partial charge in [0.2, 0.25) is 0 Å². The molecule has 3 aliphatic rings. The Balaban J connectivity index is 1.27. The summed E-state index contributed by atoms with van der Waals surface area (Å²) in [4.78, 5) is 14.3. The van der Waals surface area contributed by atoms with Crippen molar-refractivity contribution in [2.24, 2.45) is 17.8 Å². The van der Waals surface area contributed by atoms with E-state index in [0.29, 0.717) is 23.9 Å². The molecule has 36 heavy (non-hydrogen) atoms. The molecule has 2 fully saturated rings. The van der Waals surface area contributed by atoms with Crippen molar-refractivity contribution in [3.05, 3.63) is 64.2 Å². The SMILES string of the molecule is CC(=O)[C@@H](C)[C@H](c1ccc2c(c1)OC(C1CN(Cc3cc(C)ccc3C(F)(F)F)C1)CCC2)C1CC1. The highest BCUT2D eigenvalue weighted by molar-refractivity contribution is 5.79. The van der Waals surface area contributed by atoms with Crippen LogP contribution in [-0.4, -0.2) is 29.9 Å². The fraction of sp³-hybridized carbons (Fsp3) is 0.567. The van der Waals surface area contributed by atoms with E-state index in [-0.39, 0.29) is 23.7 Å². The van der Waals surface area contributed by atoms with Crippen LogP contribution in [0.1, 0.15) is 73.3 Å². The molecule has 1 saturated carbocycles. The molecule has 2 aromatic carbocycles. The van der Waals surface area contributed by atoms with Gasteiger partial charge in [-0.2, -0.15) is 13.2 Å². The highest BCUT2D eigenvalue weighted by Crippen LogP contribution is 2.48. The van der Waals surface area contributed by atoms with Gasteiger partial charge < -0.3 is 4.74 Å². The van der Waals surface area contributed by atoms with Crippen molar-refractivity contribution < 1.29 is 22.7 Å². The number of ketones is 1. The molecule has 0 aromatic heterocycles. The quantitative estimate of drug-likeness (QED) is 0.413. The maximum Gasteiger partial charge on any atom is 0.416 e. The zero-order chi connectivity index (χ0) is 25.6. The van der Waals surface area contributed by atoms with Gasteiger partial charge in [0.15, 0.2) is 0 Å². The largest absolute Gasteiger partial charge is 0.490 e. The first-order valence-electron chi connectivity index (χ1n) is 13.3. The summed E-state index contributed by atoms with van der Waals surface area (Å²) in [5.41, 5.74) is 3.08. The van der Waals surface area contributed by atoms with Gasteiger partial charge in [-0.25, -0.2) is 0 Å². The summed E-state index contributed by atoms with van der Waals surface area (Å²) >= 11 is 0. The second-order valence-electron chi connectivity index (χ2n) is 11.3. The number of carbonyl (C=O) groups is 1. The van der Waals surface area contributed by atoms with E-state index >= 15 is 0 Å². The first-order chi connectivity index (χ1) is 17.1. The summed E-state index contributed by atoms with van der Waals surface area (Å²) < 4.78 is 47.1. The Morgan fingerprint density at radius 2 is 1.86 bits per heavy atom. The number of halogens is 3. The van der Waals surface area contributed by atoms with Crippen molar-refractivity contribution >= 4 is 5.78 Å². The average molecular weight is 500 g/mol. The summed E-state index contributed by atoms with van der Waals surface area (Å²) in [6.07, 6.45) is 1.06. The summed E-state index contributed by atoms with van der Waals surface area (Å²) in [6.45, 7) is 7.37. The number of hydrogen-bond acceptors (Lipinski definition) is 3. The Hall–Kier alpha value is -2.34. The van der Waals surface area contributed by atoms with Gasteiger partial charge in [-0.3, -0.25) is 9.69 Å². The van der Waals surface area contributed by atoms with Crippen molar-refractivity contribution in [3.8, 4) is 5.75 Å². The third-order valence-corrected chi connectivity index (χ3v) is 8.47. The molecule has 0 amide bonds. The number of hydrogen-bond donors (Lipinski definition) is 0. The molecule has 0 spiro atoms. The summed E-state index contributed by atoms with van der Waals surface area (Å²) in [5.74, 6) is 2.31. The number of ether oxygens (including phenoxy) is 1. The Bertz CT molecular complexity index is 1120. The van der Waals surface area contributed by atoms with Gasteiger partial charge >= 0.3 is 6.18 Å². The van der Waals surface area contributed by atoms with Crippen LogP contribution in [0.4, 0.5) is 13.2 Å². The minimum absolute atomic E-state index is 0.000489. The third kappa shape index (κ3) is 5.34. The Morgan fingerprint density at radius 3 is 2.53 bits per heavy atom. The molecular formula is C30H36F3NO2. The average Bonchev–Trinajstić information content (AvgIpc) is 3.62. The van der Waals surface area contributed by atoms with Crippen LogP contribution >= 0.6 is 0 Å². The molecule has 0 radical (unpaired) electrons. The number of rotatable bonds is 7. The van der Waals surface area contributed by atoms with Gasteiger partial charge in [0, 0.05) is 31.5 Å². The van der Waals surface area contributed by atoms with Crippen LogP contribution in [0.5, 0.6) is 5.75 Å². The number of alkyl halides is 3. The fourth-order valence-electron chi connectivity index (χ4n) is 6.16. The predicted octanol–water partition coefficient (Wildman–Crippen LogP) is 6.95. The van der Waals surface area contributed by atoms with E-state index in [2.05, 4.69) is 23.1 Å². The second kappa shape index (κ2) is 9.85. The van der Waals surface area contributed by atoms with Gasteiger partial charge in [-0.15, -0.1) is 0 Å². The first kappa shape index (κ1) is 25.3. The molecule has 194 valence electrons. The van der Waals surface area contributed by atoms with Gasteiger partial charge in [-0.1, -0.05) is 36.8 Å². The molecule has 6 heteroatoms. The summed E-state index contributed by atoms with van der Waals surface area (Å²) in [7, 11) is 0. The minimum Gasteiger partial charge on any atom is -0.490 e. The standard InChI is InChI=1S/C30H36F3NO2/c1-18-7-12-26(30(31,32)33)24(13-18)15-34-16-25(17-34)27-6-4-5-21-8-11-23(14-28(21)36-27)29(22-9-10-22)19(2)20(3)35/h7-8,11-14,19,22,25,27,29H,4-6,9-10,15-17H2,1-3H3/t19-,27?,29+/m1/s1. The third-order valence-electron chi connectivity index (χ3n) is 8.47. The lowest BCUT2D eigenvalue weighted by Crippen LogP contribution is -2.52. The van der Waals surface area contributed by atoms with Crippen molar-refractivity contribution in [1.29, 1.82) is 0 Å². The van der Waals surface area contributed by atoms with Gasteiger partial charge in [-0.05, 0) is 86.6 Å². The number of aryl methyl sites for hydroxylation is 2. The van der Waals surface area contributed by atoms with Crippen LogP contribution in [0.25, 0.3) is 0 Å². The van der Waals surface area contributed by atoms with Crippen LogP contribution < -0.4 is 4.74 Å². The molecule has 3 nitrogen and oxygen atoms in total. The number of fused-ring (bicyclic) bond motifs is 1. The van der Waals surface area contributed by atoms with Crippen molar-refractivity contribution in [1.82, 2.24) is 4.90 Å². The minimum atomic E-state index is -4.34. The Kier molecular flexibility index (Phi) is 6.92. The highest BCUT2D eigenvalue weighted by Gasteiger charge is 2.40. The molecule has 0 bridgehead atoms. The topological polar surface area (TPSA) is 29.5 Å². The lowest BCUT2D eigenvalue weighted by molar-refractivity contribution is -0.138. The fourth-order valence-corrected chi connectivity index (χ4v) is 6.16. The number of nitrogens with zero attached hydrogens (tertiary/aromatic N) is 1. The predicted molar refractivity (Wildman–Crippen MR) is 134 cm³/mol. The van der Waals surface area contributed by atoms with Crippen LogP contribution in [0.15, 0.2) is 36.4 Å². The van der Waals surface area contributed by atoms with E-state index in [1.165, 1.54) is 36.1 Å². The highest BCUT2D eigenvalue weighted by atomic mass is 19.4. The van der Waals surface area contributed by atoms with E-state index in [0.717, 1.165) is 43.7 Å². The van der Waals surface area contributed by atoms with Gasteiger partial charge in [0.1, 0.15) is 17.6 Å². The zero-order valence-corrected chi connectivity index (χ0v) is 21.4. The van der Waals surface area contributed by atoms with Gasteiger partial charge in [0.05, 0.1) is 5.56 Å². The van der Waals surface area contributed by atoms with Crippen LogP contribution in [-0.2, 0) is 23.9 Å². The van der Waals surface area contributed by atoms with E-state index in [9.17, 15) is 18.0 Å². The molecular weight excluding hydrogens is 463 g/mol. The molecule has 1 aliphatic carbocycles. The van der Waals surface area contributed by atoms with Gasteiger partial charge in [0.25, 0.3) is 0 Å². The summed E-state index contributed by atoms with van der Waals surface area (Å²) in [6, 6.07) is 10.9. The number of Topliss-reactive ketones (excluding diaryl/α,β-unsaturated/α-hetero) is 1. The summed E-state index contributed by atoms with van der Waals surface area (Å²) in [5, 5.41) is 0. The lowest BCUT2D eigenvalue weighted by atomic mass is 9.81. The van der Waals surface area contributed by atoms with Crippen LogP contribution in [0.3, 0.4) is 0 Å². The maximum atomic E-state index is 13.5. The monoisotopic (exact) mass is 499 g/mol. The Morgan fingerprint density at radius 1 is 1.11 bits per heavy atom. The normalized spacial score (nSPS) is 22.7. The number of benzene rings is 2. The van der Waals surface area contributed by atoms with E-state index in [4.69, 9.17) is 4.74 Å². The van der Waals surface area contributed by atoms with E-state index < -0.39 is 11.7 Å². The van der Waals surface area contributed by atoms with Crippen molar-refractivity contribution in [2.45, 2.75) is 77.6 Å². The van der Waals surface area contributed by atoms with Crippen molar-refractivity contribution in [2.75, 3.05) is 13.1 Å². The smallest absolute Gasteiger partial charge is 0.416 e. The number of likely N-dealkylation sites (tertiary alicyclic amines) is 1. The lowest BCUT2D eigenvalue weighted by Gasteiger charge is -2.43. The Labute approximate surface area is 212 Å². The molecule has 0 N–H and O–H groups in total. The molecule has 3 atom stereocenters. The van der Waals surface area contributed by atoms with Crippen molar-refractivity contribution in [3.63, 3.8) is 0 Å². The molecule has 2 heterocycles. The number of carbonyl (C=O) groups excluding carboxylic acids is 1. The molecule has 2 aliphatic heterocycles. The first-order valence-corrected chi connectivity index (χ1v) is 13.3. The molecule has 1 unspecified atom stereocenters. The maximum absolute atomic E-state index is 13.5. The molecule has 1 saturated heterocycles.